The average molecular weight is 249 g/mol. The van der Waals surface area contributed by atoms with Gasteiger partial charge in [0.05, 0.1) is 12.0 Å². The lowest BCUT2D eigenvalue weighted by Gasteiger charge is -2.18. The zero-order valence-electron chi connectivity index (χ0n) is 10.9. The maximum atomic E-state index is 9.30. The molecule has 1 heterocycles. The summed E-state index contributed by atoms with van der Waals surface area (Å²) in [6.45, 7) is 2.29. The number of aliphatic hydroxyl groups is 1. The first kappa shape index (κ1) is 12.2. The number of nitrogens with zero attached hydrogens (tertiary/aromatic N) is 2. The average Bonchev–Trinajstić information content (AvgIpc) is 2.96. The summed E-state index contributed by atoms with van der Waals surface area (Å²) in [6, 6.07) is 0.709. The first-order chi connectivity index (χ1) is 8.88. The highest BCUT2D eigenvalue weighted by atomic mass is 16.3. The van der Waals surface area contributed by atoms with Crippen molar-refractivity contribution >= 4 is 0 Å². The molecule has 2 N–H and O–H groups in total. The molecule has 0 amide bonds. The maximum absolute atomic E-state index is 9.30. The molecule has 0 aliphatic heterocycles. The van der Waals surface area contributed by atoms with Crippen LogP contribution in [-0.2, 0) is 6.54 Å². The van der Waals surface area contributed by atoms with Gasteiger partial charge in [-0.25, -0.2) is 4.98 Å². The van der Waals surface area contributed by atoms with Gasteiger partial charge in [-0.05, 0) is 44.1 Å². The predicted molar refractivity (Wildman–Crippen MR) is 70.1 cm³/mol. The fourth-order valence-corrected chi connectivity index (χ4v) is 3.16. The van der Waals surface area contributed by atoms with E-state index in [1.807, 2.05) is 12.5 Å². The molecule has 4 nitrogen and oxygen atoms in total. The maximum Gasteiger partial charge on any atom is 0.0951 e. The van der Waals surface area contributed by atoms with Gasteiger partial charge in [0.25, 0.3) is 0 Å². The predicted octanol–water partition coefficient (Wildman–Crippen LogP) is 1.72. The molecular formula is C14H23N3O. The van der Waals surface area contributed by atoms with E-state index >= 15 is 0 Å². The van der Waals surface area contributed by atoms with Crippen molar-refractivity contribution in [3.05, 3.63) is 18.2 Å². The van der Waals surface area contributed by atoms with Crippen molar-refractivity contribution in [1.82, 2.24) is 14.9 Å². The van der Waals surface area contributed by atoms with Crippen LogP contribution in [0, 0.1) is 11.8 Å². The van der Waals surface area contributed by atoms with E-state index in [1.165, 1.54) is 37.8 Å². The van der Waals surface area contributed by atoms with Gasteiger partial charge < -0.3 is 15.0 Å². The SMILES string of the molecule is OCC1CCCC1CNCc1cncn1C1CC1. The molecule has 18 heavy (non-hydrogen) atoms. The number of aliphatic hydroxyl groups excluding tert-OH is 1. The third-order valence-electron chi connectivity index (χ3n) is 4.45. The van der Waals surface area contributed by atoms with E-state index in [0.29, 0.717) is 24.5 Å². The highest BCUT2D eigenvalue weighted by Gasteiger charge is 2.27. The van der Waals surface area contributed by atoms with Crippen molar-refractivity contribution in [1.29, 1.82) is 0 Å². The van der Waals surface area contributed by atoms with Gasteiger partial charge in [0, 0.05) is 25.4 Å². The van der Waals surface area contributed by atoms with Crippen molar-refractivity contribution in [2.75, 3.05) is 13.2 Å². The van der Waals surface area contributed by atoms with Gasteiger partial charge in [0.2, 0.25) is 0 Å². The van der Waals surface area contributed by atoms with Gasteiger partial charge in [0.1, 0.15) is 0 Å². The normalized spacial score (nSPS) is 27.8. The molecule has 2 saturated carbocycles. The zero-order chi connectivity index (χ0) is 12.4. The number of nitrogens with one attached hydrogen (secondary N) is 1. The van der Waals surface area contributed by atoms with Crippen molar-refractivity contribution < 1.29 is 5.11 Å². The van der Waals surface area contributed by atoms with E-state index in [2.05, 4.69) is 14.9 Å². The fourth-order valence-electron chi connectivity index (χ4n) is 3.16. The molecule has 2 atom stereocenters. The first-order valence-electron chi connectivity index (χ1n) is 7.20. The van der Waals surface area contributed by atoms with Crippen LogP contribution < -0.4 is 5.32 Å². The number of aromatic nitrogens is 2. The van der Waals surface area contributed by atoms with Gasteiger partial charge in [-0.3, -0.25) is 0 Å². The standard InChI is InChI=1S/C14H23N3O/c18-9-12-3-1-2-11(12)6-15-7-14-8-16-10-17(14)13-4-5-13/h8,10-13,15,18H,1-7,9H2. The summed E-state index contributed by atoms with van der Waals surface area (Å²) in [5.41, 5.74) is 1.30. The molecule has 1 aromatic heterocycles. The highest BCUT2D eigenvalue weighted by Crippen LogP contribution is 2.35. The summed E-state index contributed by atoms with van der Waals surface area (Å²) in [7, 11) is 0. The Morgan fingerprint density at radius 2 is 2.11 bits per heavy atom. The topological polar surface area (TPSA) is 50.1 Å². The molecule has 0 saturated heterocycles. The lowest BCUT2D eigenvalue weighted by Crippen LogP contribution is -2.27. The molecule has 1 aromatic rings. The van der Waals surface area contributed by atoms with Crippen molar-refractivity contribution in [3.63, 3.8) is 0 Å². The molecule has 3 rings (SSSR count). The minimum Gasteiger partial charge on any atom is -0.396 e. The number of hydrogen-bond donors (Lipinski definition) is 2. The van der Waals surface area contributed by atoms with Crippen LogP contribution in [0.2, 0.25) is 0 Å². The van der Waals surface area contributed by atoms with Crippen molar-refractivity contribution in [2.45, 2.75) is 44.7 Å². The second-order valence-electron chi connectivity index (χ2n) is 5.79. The van der Waals surface area contributed by atoms with E-state index < -0.39 is 0 Å². The Hall–Kier alpha value is -0.870. The second kappa shape index (κ2) is 5.41. The largest absolute Gasteiger partial charge is 0.396 e. The third kappa shape index (κ3) is 2.59. The van der Waals surface area contributed by atoms with Crippen LogP contribution in [0.3, 0.4) is 0 Å². The monoisotopic (exact) mass is 249 g/mol. The van der Waals surface area contributed by atoms with E-state index in [4.69, 9.17) is 0 Å². The van der Waals surface area contributed by atoms with Gasteiger partial charge >= 0.3 is 0 Å². The minimum atomic E-state index is 0.354. The van der Waals surface area contributed by atoms with Gasteiger partial charge in [-0.15, -0.1) is 0 Å². The van der Waals surface area contributed by atoms with E-state index in [9.17, 15) is 5.11 Å². The van der Waals surface area contributed by atoms with Crippen LogP contribution in [-0.4, -0.2) is 27.8 Å². The zero-order valence-corrected chi connectivity index (χ0v) is 10.9. The van der Waals surface area contributed by atoms with Crippen LogP contribution in [0.15, 0.2) is 12.5 Å². The van der Waals surface area contributed by atoms with E-state index in [1.54, 1.807) is 0 Å². The summed E-state index contributed by atoms with van der Waals surface area (Å²) < 4.78 is 2.31. The quantitative estimate of drug-likeness (QED) is 0.807. The van der Waals surface area contributed by atoms with Crippen LogP contribution in [0.5, 0.6) is 0 Å². The van der Waals surface area contributed by atoms with Gasteiger partial charge in [0.15, 0.2) is 0 Å². The molecule has 2 aliphatic rings. The molecular weight excluding hydrogens is 226 g/mol. The lowest BCUT2D eigenvalue weighted by molar-refractivity contribution is 0.192. The summed E-state index contributed by atoms with van der Waals surface area (Å²) in [5.74, 6) is 1.18. The van der Waals surface area contributed by atoms with Gasteiger partial charge in [-0.2, -0.15) is 0 Å². The van der Waals surface area contributed by atoms with Crippen LogP contribution >= 0.6 is 0 Å². The summed E-state index contributed by atoms with van der Waals surface area (Å²) in [6.07, 6.45) is 10.3. The van der Waals surface area contributed by atoms with E-state index in [0.717, 1.165) is 13.1 Å². The summed E-state index contributed by atoms with van der Waals surface area (Å²) >= 11 is 0. The Balaban J connectivity index is 1.47. The number of rotatable bonds is 6. The number of hydrogen-bond acceptors (Lipinski definition) is 3. The van der Waals surface area contributed by atoms with Crippen molar-refractivity contribution in [3.8, 4) is 0 Å². The first-order valence-corrected chi connectivity index (χ1v) is 7.20. The molecule has 0 radical (unpaired) electrons. The molecule has 4 heteroatoms. The Labute approximate surface area is 108 Å². The van der Waals surface area contributed by atoms with E-state index in [-0.39, 0.29) is 0 Å². The van der Waals surface area contributed by atoms with Crippen molar-refractivity contribution in [2.24, 2.45) is 11.8 Å². The molecule has 0 aromatic carbocycles. The van der Waals surface area contributed by atoms with Crippen LogP contribution in [0.4, 0.5) is 0 Å². The molecule has 0 spiro atoms. The lowest BCUT2D eigenvalue weighted by atomic mass is 9.97. The smallest absolute Gasteiger partial charge is 0.0951 e. The number of imidazole rings is 1. The molecule has 2 unspecified atom stereocenters. The fraction of sp³-hybridized carbons (Fsp3) is 0.786. The third-order valence-corrected chi connectivity index (χ3v) is 4.45. The Kier molecular flexibility index (Phi) is 3.66. The molecule has 0 bridgehead atoms. The van der Waals surface area contributed by atoms with Crippen LogP contribution in [0.25, 0.3) is 0 Å². The molecule has 100 valence electrons. The second-order valence-corrected chi connectivity index (χ2v) is 5.79. The van der Waals surface area contributed by atoms with Gasteiger partial charge in [-0.1, -0.05) is 6.42 Å². The minimum absolute atomic E-state index is 0.354. The summed E-state index contributed by atoms with van der Waals surface area (Å²) in [5, 5.41) is 12.8. The summed E-state index contributed by atoms with van der Waals surface area (Å²) in [4.78, 5) is 4.25. The van der Waals surface area contributed by atoms with Crippen LogP contribution in [0.1, 0.15) is 43.8 Å². The Bertz CT molecular complexity index is 386. The Morgan fingerprint density at radius 1 is 1.28 bits per heavy atom. The highest BCUT2D eigenvalue weighted by molar-refractivity contribution is 5.03. The Morgan fingerprint density at radius 3 is 2.89 bits per heavy atom. The molecule has 2 aliphatic carbocycles. The molecule has 2 fully saturated rings.